The fourth-order valence-corrected chi connectivity index (χ4v) is 2.84. The van der Waals surface area contributed by atoms with E-state index < -0.39 is 0 Å². The van der Waals surface area contributed by atoms with Crippen LogP contribution in [-0.4, -0.2) is 26.9 Å². The molecular formula is C20H25Cl2NO3. The number of benzene rings is 2. The molecule has 2 rings (SSSR count). The molecule has 26 heavy (non-hydrogen) atoms. The predicted octanol–water partition coefficient (Wildman–Crippen LogP) is 5.10. The molecule has 0 unspecified atom stereocenters. The molecule has 0 aliphatic rings. The molecule has 142 valence electrons. The minimum atomic E-state index is 0.391. The van der Waals surface area contributed by atoms with Crippen molar-refractivity contribution in [3.8, 4) is 11.5 Å². The minimum absolute atomic E-state index is 0.391. The van der Waals surface area contributed by atoms with Gasteiger partial charge in [0, 0.05) is 24.8 Å². The van der Waals surface area contributed by atoms with Crippen LogP contribution in [0.15, 0.2) is 36.4 Å². The highest BCUT2D eigenvalue weighted by Gasteiger charge is 2.12. The number of hydrogen-bond donors (Lipinski definition) is 1. The molecule has 0 saturated heterocycles. The Kier molecular flexibility index (Phi) is 9.06. The topological polar surface area (TPSA) is 39.7 Å². The molecule has 0 aromatic heterocycles. The number of methoxy groups -OCH3 is 1. The van der Waals surface area contributed by atoms with Gasteiger partial charge in [0.05, 0.1) is 12.1 Å². The SMILES string of the molecule is CCOCCCNCc1cc(Cl)c(OCc2ccc(Cl)cc2)c(OC)c1. The van der Waals surface area contributed by atoms with Gasteiger partial charge in [0.2, 0.25) is 0 Å². The predicted molar refractivity (Wildman–Crippen MR) is 107 cm³/mol. The van der Waals surface area contributed by atoms with Gasteiger partial charge in [-0.25, -0.2) is 0 Å². The molecule has 0 bridgehead atoms. The number of hydrogen-bond acceptors (Lipinski definition) is 4. The van der Waals surface area contributed by atoms with E-state index in [0.29, 0.717) is 34.7 Å². The van der Waals surface area contributed by atoms with Gasteiger partial charge in [0.1, 0.15) is 6.61 Å². The van der Waals surface area contributed by atoms with E-state index in [1.807, 2.05) is 43.3 Å². The van der Waals surface area contributed by atoms with Gasteiger partial charge >= 0.3 is 0 Å². The van der Waals surface area contributed by atoms with Gasteiger partial charge in [0.15, 0.2) is 11.5 Å². The lowest BCUT2D eigenvalue weighted by molar-refractivity contribution is 0.144. The zero-order chi connectivity index (χ0) is 18.8. The lowest BCUT2D eigenvalue weighted by Gasteiger charge is -2.15. The summed E-state index contributed by atoms with van der Waals surface area (Å²) in [7, 11) is 1.61. The van der Waals surface area contributed by atoms with Gasteiger partial charge in [-0.05, 0) is 55.3 Å². The van der Waals surface area contributed by atoms with Crippen LogP contribution < -0.4 is 14.8 Å². The highest BCUT2D eigenvalue weighted by molar-refractivity contribution is 6.32. The van der Waals surface area contributed by atoms with Crippen LogP contribution in [0.25, 0.3) is 0 Å². The first-order valence-corrected chi connectivity index (χ1v) is 9.41. The summed E-state index contributed by atoms with van der Waals surface area (Å²) in [6, 6.07) is 11.3. The van der Waals surface area contributed by atoms with Crippen molar-refractivity contribution in [1.29, 1.82) is 0 Å². The van der Waals surface area contributed by atoms with Gasteiger partial charge in [0.25, 0.3) is 0 Å². The number of ether oxygens (including phenoxy) is 3. The van der Waals surface area contributed by atoms with Crippen molar-refractivity contribution in [2.24, 2.45) is 0 Å². The number of rotatable bonds is 11. The molecule has 6 heteroatoms. The lowest BCUT2D eigenvalue weighted by atomic mass is 10.2. The molecule has 2 aromatic carbocycles. The number of halogens is 2. The summed E-state index contributed by atoms with van der Waals surface area (Å²) < 4.78 is 16.7. The molecule has 0 spiro atoms. The van der Waals surface area contributed by atoms with E-state index in [0.717, 1.165) is 37.3 Å². The highest BCUT2D eigenvalue weighted by atomic mass is 35.5. The van der Waals surface area contributed by atoms with Crippen LogP contribution >= 0.6 is 23.2 Å². The van der Waals surface area contributed by atoms with Crippen molar-refractivity contribution >= 4 is 23.2 Å². The summed E-state index contributed by atoms with van der Waals surface area (Å²) in [6.07, 6.45) is 0.973. The number of nitrogens with one attached hydrogen (secondary N) is 1. The maximum atomic E-state index is 6.41. The first-order valence-electron chi connectivity index (χ1n) is 8.66. The van der Waals surface area contributed by atoms with Crippen LogP contribution in [-0.2, 0) is 17.9 Å². The molecular weight excluding hydrogens is 373 g/mol. The van der Waals surface area contributed by atoms with E-state index in [2.05, 4.69) is 5.32 Å². The molecule has 0 fully saturated rings. The Balaban J connectivity index is 1.94. The first kappa shape index (κ1) is 20.8. The summed E-state index contributed by atoms with van der Waals surface area (Å²) in [5, 5.41) is 4.60. The van der Waals surface area contributed by atoms with Gasteiger partial charge in [-0.3, -0.25) is 0 Å². The average molecular weight is 398 g/mol. The van der Waals surface area contributed by atoms with Crippen LogP contribution in [0, 0.1) is 0 Å². The molecule has 0 aliphatic heterocycles. The Morgan fingerprint density at radius 3 is 2.50 bits per heavy atom. The minimum Gasteiger partial charge on any atom is -0.493 e. The zero-order valence-electron chi connectivity index (χ0n) is 15.2. The average Bonchev–Trinajstić information content (AvgIpc) is 2.64. The highest BCUT2D eigenvalue weighted by Crippen LogP contribution is 2.37. The van der Waals surface area contributed by atoms with Crippen molar-refractivity contribution in [1.82, 2.24) is 5.32 Å². The second kappa shape index (κ2) is 11.3. The Labute approximate surface area is 165 Å². The largest absolute Gasteiger partial charge is 0.493 e. The normalized spacial score (nSPS) is 10.8. The summed E-state index contributed by atoms with van der Waals surface area (Å²) in [4.78, 5) is 0. The third-order valence-electron chi connectivity index (χ3n) is 3.76. The van der Waals surface area contributed by atoms with Crippen LogP contribution in [0.3, 0.4) is 0 Å². The third kappa shape index (κ3) is 6.69. The third-order valence-corrected chi connectivity index (χ3v) is 4.29. The van der Waals surface area contributed by atoms with Crippen molar-refractivity contribution < 1.29 is 14.2 Å². The van der Waals surface area contributed by atoms with E-state index in [9.17, 15) is 0 Å². The monoisotopic (exact) mass is 397 g/mol. The lowest BCUT2D eigenvalue weighted by Crippen LogP contribution is -2.16. The van der Waals surface area contributed by atoms with Crippen molar-refractivity contribution in [3.63, 3.8) is 0 Å². The van der Waals surface area contributed by atoms with Gasteiger partial charge in [-0.15, -0.1) is 0 Å². The smallest absolute Gasteiger partial charge is 0.180 e. The molecule has 4 nitrogen and oxygen atoms in total. The summed E-state index contributed by atoms with van der Waals surface area (Å²) in [5.74, 6) is 1.17. The molecule has 2 aromatic rings. The van der Waals surface area contributed by atoms with E-state index >= 15 is 0 Å². The second-order valence-corrected chi connectivity index (χ2v) is 6.60. The molecule has 0 aliphatic carbocycles. The van der Waals surface area contributed by atoms with E-state index in [4.69, 9.17) is 37.4 Å². The van der Waals surface area contributed by atoms with Gasteiger partial charge < -0.3 is 19.5 Å². The summed E-state index contributed by atoms with van der Waals surface area (Å²) >= 11 is 12.3. The van der Waals surface area contributed by atoms with Crippen molar-refractivity contribution in [2.75, 3.05) is 26.9 Å². The molecule has 1 N–H and O–H groups in total. The van der Waals surface area contributed by atoms with E-state index in [1.54, 1.807) is 7.11 Å². The van der Waals surface area contributed by atoms with Crippen LogP contribution in [0.1, 0.15) is 24.5 Å². The molecule has 0 amide bonds. The summed E-state index contributed by atoms with van der Waals surface area (Å²) in [5.41, 5.74) is 2.05. The van der Waals surface area contributed by atoms with Crippen molar-refractivity contribution in [2.45, 2.75) is 26.5 Å². The standard InChI is InChI=1S/C20H25Cl2NO3/c1-3-25-10-4-9-23-13-16-11-18(22)20(19(12-16)24-2)26-14-15-5-7-17(21)8-6-15/h5-8,11-12,23H,3-4,9-10,13-14H2,1-2H3. The summed E-state index contributed by atoms with van der Waals surface area (Å²) in [6.45, 7) is 5.50. The van der Waals surface area contributed by atoms with E-state index in [-0.39, 0.29) is 0 Å². The molecule has 0 radical (unpaired) electrons. The Hall–Kier alpha value is -1.46. The first-order chi connectivity index (χ1) is 12.6. The maximum absolute atomic E-state index is 6.41. The van der Waals surface area contributed by atoms with Gasteiger partial charge in [-0.1, -0.05) is 35.3 Å². The fraction of sp³-hybridized carbons (Fsp3) is 0.400. The van der Waals surface area contributed by atoms with Crippen LogP contribution in [0.5, 0.6) is 11.5 Å². The Bertz CT molecular complexity index is 678. The maximum Gasteiger partial charge on any atom is 0.180 e. The Morgan fingerprint density at radius 1 is 1.04 bits per heavy atom. The van der Waals surface area contributed by atoms with Gasteiger partial charge in [-0.2, -0.15) is 0 Å². The Morgan fingerprint density at radius 2 is 1.81 bits per heavy atom. The van der Waals surface area contributed by atoms with Crippen LogP contribution in [0.2, 0.25) is 10.0 Å². The quantitative estimate of drug-likeness (QED) is 0.535. The van der Waals surface area contributed by atoms with Crippen LogP contribution in [0.4, 0.5) is 0 Å². The van der Waals surface area contributed by atoms with Crippen molar-refractivity contribution in [3.05, 3.63) is 57.6 Å². The molecule has 0 saturated carbocycles. The molecule has 0 heterocycles. The fourth-order valence-electron chi connectivity index (χ4n) is 2.43. The second-order valence-electron chi connectivity index (χ2n) is 5.75. The van der Waals surface area contributed by atoms with E-state index in [1.165, 1.54) is 0 Å². The molecule has 0 atom stereocenters. The zero-order valence-corrected chi connectivity index (χ0v) is 16.7.